The summed E-state index contributed by atoms with van der Waals surface area (Å²) in [5, 5.41) is 9.55. The van der Waals surface area contributed by atoms with Crippen LogP contribution >= 0.6 is 0 Å². The van der Waals surface area contributed by atoms with Crippen molar-refractivity contribution in [2.45, 2.75) is 232 Å². The first-order valence-electron chi connectivity index (χ1n) is 21.4. The molecule has 0 aromatic heterocycles. The minimum atomic E-state index is -0.788. The molecular weight excluding hydrogens is 608 g/mol. The Bertz CT molecular complexity index is 746. The van der Waals surface area contributed by atoms with Gasteiger partial charge in [0.05, 0.1) is 6.61 Å². The number of ether oxygens (including phenoxy) is 2. The van der Waals surface area contributed by atoms with Gasteiger partial charge in [0.25, 0.3) is 0 Å². The Morgan fingerprint density at radius 2 is 0.857 bits per heavy atom. The zero-order valence-corrected chi connectivity index (χ0v) is 32.7. The second-order valence-corrected chi connectivity index (χ2v) is 14.4. The highest BCUT2D eigenvalue weighted by Gasteiger charge is 2.15. The van der Waals surface area contributed by atoms with Crippen LogP contribution in [0.2, 0.25) is 0 Å². The highest BCUT2D eigenvalue weighted by Crippen LogP contribution is 2.16. The van der Waals surface area contributed by atoms with Crippen LogP contribution in [0.4, 0.5) is 0 Å². The van der Waals surface area contributed by atoms with Crippen molar-refractivity contribution in [1.29, 1.82) is 0 Å². The van der Waals surface area contributed by atoms with Crippen LogP contribution in [-0.2, 0) is 19.1 Å². The van der Waals surface area contributed by atoms with Gasteiger partial charge in [0.15, 0.2) is 6.10 Å². The van der Waals surface area contributed by atoms with Crippen molar-refractivity contribution in [3.8, 4) is 0 Å². The molecule has 0 radical (unpaired) electrons. The number of rotatable bonds is 39. The average Bonchev–Trinajstić information content (AvgIpc) is 3.10. The first-order chi connectivity index (χ1) is 24.1. The van der Waals surface area contributed by atoms with Crippen LogP contribution in [0.15, 0.2) is 24.3 Å². The van der Waals surface area contributed by atoms with Gasteiger partial charge in [-0.3, -0.25) is 9.59 Å². The van der Waals surface area contributed by atoms with E-state index >= 15 is 0 Å². The van der Waals surface area contributed by atoms with Gasteiger partial charge in [0.2, 0.25) is 0 Å². The van der Waals surface area contributed by atoms with E-state index in [1.54, 1.807) is 0 Å². The van der Waals surface area contributed by atoms with E-state index in [0.717, 1.165) is 32.1 Å². The first-order valence-corrected chi connectivity index (χ1v) is 21.4. The lowest BCUT2D eigenvalue weighted by Gasteiger charge is -2.15. The van der Waals surface area contributed by atoms with Gasteiger partial charge in [-0.25, -0.2) is 0 Å². The van der Waals surface area contributed by atoms with Gasteiger partial charge in [-0.15, -0.1) is 0 Å². The van der Waals surface area contributed by atoms with Crippen LogP contribution in [0.25, 0.3) is 0 Å². The van der Waals surface area contributed by atoms with E-state index in [-0.39, 0.29) is 31.6 Å². The number of aliphatic hydroxyl groups excluding tert-OH is 1. The van der Waals surface area contributed by atoms with E-state index in [9.17, 15) is 14.7 Å². The Labute approximate surface area is 304 Å². The molecule has 0 aliphatic heterocycles. The predicted octanol–water partition coefficient (Wildman–Crippen LogP) is 13.5. The van der Waals surface area contributed by atoms with Gasteiger partial charge in [-0.1, -0.05) is 205 Å². The summed E-state index contributed by atoms with van der Waals surface area (Å²) in [6, 6.07) is 0. The summed E-state index contributed by atoms with van der Waals surface area (Å²) in [6.45, 7) is 4.10. The molecular formula is C44H82O5. The van der Waals surface area contributed by atoms with Crippen molar-refractivity contribution >= 4 is 11.9 Å². The maximum absolute atomic E-state index is 12.2. The minimum absolute atomic E-state index is 0.0919. The highest BCUT2D eigenvalue weighted by atomic mass is 16.6. The van der Waals surface area contributed by atoms with Crippen molar-refractivity contribution in [2.24, 2.45) is 0 Å². The lowest BCUT2D eigenvalue weighted by atomic mass is 10.0. The van der Waals surface area contributed by atoms with Gasteiger partial charge in [-0.05, 0) is 32.1 Å². The molecule has 0 aliphatic carbocycles. The van der Waals surface area contributed by atoms with Crippen LogP contribution < -0.4 is 0 Å². The third-order valence-electron chi connectivity index (χ3n) is 9.51. The maximum atomic E-state index is 12.2. The normalized spacial score (nSPS) is 12.3. The van der Waals surface area contributed by atoms with Crippen molar-refractivity contribution in [1.82, 2.24) is 0 Å². The summed E-state index contributed by atoms with van der Waals surface area (Å²) in [5.74, 6) is -0.659. The minimum Gasteiger partial charge on any atom is -0.462 e. The lowest BCUT2D eigenvalue weighted by Crippen LogP contribution is -2.28. The predicted molar refractivity (Wildman–Crippen MR) is 210 cm³/mol. The molecule has 0 aromatic carbocycles. The van der Waals surface area contributed by atoms with Gasteiger partial charge in [0, 0.05) is 12.8 Å². The summed E-state index contributed by atoms with van der Waals surface area (Å²) in [4.78, 5) is 24.2. The summed E-state index contributed by atoms with van der Waals surface area (Å²) >= 11 is 0. The van der Waals surface area contributed by atoms with Crippen molar-refractivity contribution in [3.63, 3.8) is 0 Å². The van der Waals surface area contributed by atoms with Crippen molar-refractivity contribution in [2.75, 3.05) is 13.2 Å². The molecule has 288 valence electrons. The number of aliphatic hydroxyl groups is 1. The third kappa shape index (κ3) is 39.0. The van der Waals surface area contributed by atoms with Gasteiger partial charge >= 0.3 is 11.9 Å². The molecule has 0 fully saturated rings. The summed E-state index contributed by atoms with van der Waals surface area (Å²) in [5.41, 5.74) is 0. The lowest BCUT2D eigenvalue weighted by molar-refractivity contribution is -0.161. The Balaban J connectivity index is 3.51. The van der Waals surface area contributed by atoms with Crippen molar-refractivity contribution in [3.05, 3.63) is 24.3 Å². The monoisotopic (exact) mass is 691 g/mol. The van der Waals surface area contributed by atoms with Crippen molar-refractivity contribution < 1.29 is 24.2 Å². The molecule has 0 aromatic rings. The molecule has 1 N–H and O–H groups in total. The molecule has 5 nitrogen and oxygen atoms in total. The first kappa shape index (κ1) is 47.4. The molecule has 0 saturated carbocycles. The van der Waals surface area contributed by atoms with E-state index in [4.69, 9.17) is 9.47 Å². The fourth-order valence-electron chi connectivity index (χ4n) is 6.26. The van der Waals surface area contributed by atoms with Crippen LogP contribution in [-0.4, -0.2) is 36.4 Å². The average molecular weight is 691 g/mol. The molecule has 0 rings (SSSR count). The standard InChI is InChI=1S/C44H82O5/c1-3-5-7-9-11-13-15-17-18-19-20-21-22-23-24-25-27-29-31-33-35-37-39-44(47)49-42(40-45)41-48-43(46)38-36-34-32-30-28-26-16-14-12-10-8-6-4-2/h26,28,32,34,42,45H,3-25,27,29-31,33,35-41H2,1-2H3/b28-26+,34-32+. The number of allylic oxidation sites excluding steroid dienone is 4. The Morgan fingerprint density at radius 3 is 1.29 bits per heavy atom. The van der Waals surface area contributed by atoms with Gasteiger partial charge < -0.3 is 14.6 Å². The number of unbranched alkanes of at least 4 members (excludes halogenated alkanes) is 27. The van der Waals surface area contributed by atoms with E-state index in [1.165, 1.54) is 161 Å². The fraction of sp³-hybridized carbons (Fsp3) is 0.864. The smallest absolute Gasteiger partial charge is 0.306 e. The quantitative estimate of drug-likeness (QED) is 0.0395. The summed E-state index contributed by atoms with van der Waals surface area (Å²) in [6.07, 6.45) is 48.4. The molecule has 1 unspecified atom stereocenters. The van der Waals surface area contributed by atoms with Gasteiger partial charge in [-0.2, -0.15) is 0 Å². The van der Waals surface area contributed by atoms with Crippen LogP contribution in [0.1, 0.15) is 226 Å². The molecule has 49 heavy (non-hydrogen) atoms. The zero-order valence-electron chi connectivity index (χ0n) is 32.7. The van der Waals surface area contributed by atoms with E-state index in [1.807, 2.05) is 6.08 Å². The largest absolute Gasteiger partial charge is 0.462 e. The summed E-state index contributed by atoms with van der Waals surface area (Å²) < 4.78 is 10.6. The van der Waals surface area contributed by atoms with Crippen LogP contribution in [0.5, 0.6) is 0 Å². The molecule has 0 heterocycles. The second-order valence-electron chi connectivity index (χ2n) is 14.4. The Kier molecular flexibility index (Phi) is 39.5. The molecule has 0 aliphatic rings. The van der Waals surface area contributed by atoms with Crippen LogP contribution in [0.3, 0.4) is 0 Å². The van der Waals surface area contributed by atoms with Gasteiger partial charge in [0.1, 0.15) is 6.61 Å². The fourth-order valence-corrected chi connectivity index (χ4v) is 6.26. The number of carbonyl (C=O) groups excluding carboxylic acids is 2. The number of carbonyl (C=O) groups is 2. The number of hydrogen-bond donors (Lipinski definition) is 1. The van der Waals surface area contributed by atoms with E-state index < -0.39 is 6.10 Å². The zero-order chi connectivity index (χ0) is 35.7. The molecule has 0 bridgehead atoms. The number of hydrogen-bond acceptors (Lipinski definition) is 5. The maximum Gasteiger partial charge on any atom is 0.306 e. The Hall–Kier alpha value is -1.62. The molecule has 5 heteroatoms. The van der Waals surface area contributed by atoms with E-state index in [2.05, 4.69) is 32.1 Å². The highest BCUT2D eigenvalue weighted by molar-refractivity contribution is 5.70. The summed E-state index contributed by atoms with van der Waals surface area (Å²) in [7, 11) is 0. The molecule has 0 saturated heterocycles. The molecule has 1 atom stereocenters. The SMILES string of the molecule is CCCCCCCC/C=C/C/C=C/CCC(=O)OCC(CO)OC(=O)CCCCCCCCCCCCCCCCCCCCCCCC. The van der Waals surface area contributed by atoms with E-state index in [0.29, 0.717) is 12.8 Å². The third-order valence-corrected chi connectivity index (χ3v) is 9.51. The number of esters is 2. The molecule has 0 spiro atoms. The second kappa shape index (κ2) is 40.8. The Morgan fingerprint density at radius 1 is 0.469 bits per heavy atom. The molecule has 0 amide bonds. The van der Waals surface area contributed by atoms with Crippen LogP contribution in [0, 0.1) is 0 Å². The topological polar surface area (TPSA) is 72.8 Å².